The van der Waals surface area contributed by atoms with Gasteiger partial charge in [-0.25, -0.2) is 0 Å². The highest BCUT2D eigenvalue weighted by atomic mass is 32.2. The van der Waals surface area contributed by atoms with Crippen molar-refractivity contribution in [1.29, 1.82) is 0 Å². The lowest BCUT2D eigenvalue weighted by molar-refractivity contribution is 0.729. The molecule has 1 heteroatoms. The fourth-order valence-electron chi connectivity index (χ4n) is 0.639. The van der Waals surface area contributed by atoms with Crippen molar-refractivity contribution in [3.8, 4) is 0 Å². The van der Waals surface area contributed by atoms with E-state index in [1.165, 1.54) is 25.7 Å². The quantitative estimate of drug-likeness (QED) is 0.532. The van der Waals surface area contributed by atoms with Crippen molar-refractivity contribution in [2.24, 2.45) is 0 Å². The van der Waals surface area contributed by atoms with E-state index in [1.54, 1.807) is 11.8 Å². The smallest absolute Gasteiger partial charge is 0.0162 e. The Morgan fingerprint density at radius 1 is 1.44 bits per heavy atom. The summed E-state index contributed by atoms with van der Waals surface area (Å²) >= 11 is 1.65. The van der Waals surface area contributed by atoms with E-state index in [0.29, 0.717) is 0 Å². The molecule has 0 amide bonds. The van der Waals surface area contributed by atoms with Crippen LogP contribution in [0.25, 0.3) is 0 Å². The van der Waals surface area contributed by atoms with Crippen LogP contribution in [0.3, 0.4) is 0 Å². The maximum absolute atomic E-state index is 3.10. The number of unbranched alkanes of at least 4 members (excludes halogenated alkanes) is 3. The Balaban J connectivity index is 2.82. The molecule has 0 rings (SSSR count). The number of thioether (sulfide) groups is 1. The molecule has 0 saturated heterocycles. The van der Waals surface area contributed by atoms with Gasteiger partial charge in [0.15, 0.2) is 0 Å². The van der Waals surface area contributed by atoms with Crippen molar-refractivity contribution in [3.63, 3.8) is 0 Å². The fourth-order valence-corrected chi connectivity index (χ4v) is 0.923. The lowest BCUT2D eigenvalue weighted by Gasteiger charge is -1.89. The molecule has 0 unspecified atom stereocenters. The Bertz CT molecular complexity index is 67.0. The second kappa shape index (κ2) is 8.09. The Morgan fingerprint density at radius 2 is 2.22 bits per heavy atom. The average Bonchev–Trinajstić information content (AvgIpc) is 1.89. The van der Waals surface area contributed by atoms with Crippen LogP contribution in [0.15, 0.2) is 6.08 Å². The predicted molar refractivity (Wildman–Crippen MR) is 45.5 cm³/mol. The number of hydrogen-bond acceptors (Lipinski definition) is 1. The minimum absolute atomic E-state index is 1.20. The summed E-state index contributed by atoms with van der Waals surface area (Å²) in [5.41, 5.74) is 0. The third kappa shape index (κ3) is 8.09. The minimum Gasteiger partial charge on any atom is -0.129 e. The van der Waals surface area contributed by atoms with Gasteiger partial charge in [-0.15, -0.1) is 11.8 Å². The summed E-state index contributed by atoms with van der Waals surface area (Å²) in [5.74, 6) is 0. The van der Waals surface area contributed by atoms with Crippen LogP contribution in [-0.4, -0.2) is 6.26 Å². The molecule has 1 radical (unpaired) electrons. The summed E-state index contributed by atoms with van der Waals surface area (Å²) in [5, 5.41) is 3.10. The van der Waals surface area contributed by atoms with E-state index in [1.807, 2.05) is 6.26 Å². The highest BCUT2D eigenvalue weighted by molar-refractivity contribution is 8.00. The van der Waals surface area contributed by atoms with E-state index < -0.39 is 0 Å². The molecule has 0 nitrogen and oxygen atoms in total. The fraction of sp³-hybridized carbons (Fsp3) is 0.750. The zero-order valence-corrected chi connectivity index (χ0v) is 7.13. The first-order chi connectivity index (χ1) is 4.41. The first-order valence-electron chi connectivity index (χ1n) is 3.52. The highest BCUT2D eigenvalue weighted by Crippen LogP contribution is 2.01. The second-order valence-corrected chi connectivity index (χ2v) is 2.67. The summed E-state index contributed by atoms with van der Waals surface area (Å²) in [6.45, 7) is 2.22. The van der Waals surface area contributed by atoms with Gasteiger partial charge in [0.05, 0.1) is 0 Å². The molecule has 0 aromatic rings. The number of hydrogen-bond donors (Lipinski definition) is 0. The van der Waals surface area contributed by atoms with Crippen LogP contribution in [0.2, 0.25) is 0 Å². The molecule has 0 aromatic heterocycles. The largest absolute Gasteiger partial charge is 0.129 e. The maximum Gasteiger partial charge on any atom is 0.0162 e. The zero-order valence-electron chi connectivity index (χ0n) is 6.31. The van der Waals surface area contributed by atoms with Crippen LogP contribution in [0.1, 0.15) is 32.6 Å². The van der Waals surface area contributed by atoms with Crippen molar-refractivity contribution in [1.82, 2.24) is 0 Å². The van der Waals surface area contributed by atoms with Crippen LogP contribution in [0, 0.1) is 5.41 Å². The Kier molecular flexibility index (Phi) is 8.17. The van der Waals surface area contributed by atoms with E-state index in [9.17, 15) is 0 Å². The minimum atomic E-state index is 1.20. The molecule has 0 saturated carbocycles. The van der Waals surface area contributed by atoms with Crippen LogP contribution in [-0.2, 0) is 0 Å². The van der Waals surface area contributed by atoms with Gasteiger partial charge in [-0.3, -0.25) is 0 Å². The summed E-state index contributed by atoms with van der Waals surface area (Å²) in [7, 11) is 0. The summed E-state index contributed by atoms with van der Waals surface area (Å²) < 4.78 is 0. The van der Waals surface area contributed by atoms with Crippen molar-refractivity contribution < 1.29 is 0 Å². The molecule has 0 aromatic carbocycles. The molecular formula is C8H15S. The first kappa shape index (κ1) is 9.09. The molecule has 0 aliphatic rings. The third-order valence-electron chi connectivity index (χ3n) is 1.15. The normalized spacial score (nSPS) is 10.9. The lowest BCUT2D eigenvalue weighted by atomic mass is 10.2. The summed E-state index contributed by atoms with van der Waals surface area (Å²) in [6.07, 6.45) is 9.36. The highest BCUT2D eigenvalue weighted by Gasteiger charge is 1.79. The van der Waals surface area contributed by atoms with Gasteiger partial charge >= 0.3 is 0 Å². The maximum atomic E-state index is 3.10. The monoisotopic (exact) mass is 143 g/mol. The topological polar surface area (TPSA) is 0 Å². The molecule has 0 spiro atoms. The third-order valence-corrected chi connectivity index (χ3v) is 1.56. The summed E-state index contributed by atoms with van der Waals surface area (Å²) in [6, 6.07) is 0. The van der Waals surface area contributed by atoms with Crippen LogP contribution in [0.5, 0.6) is 0 Å². The zero-order chi connectivity index (χ0) is 6.95. The van der Waals surface area contributed by atoms with Crippen molar-refractivity contribution in [2.75, 3.05) is 6.26 Å². The average molecular weight is 143 g/mol. The SMILES string of the molecule is CCCCC/C=[C]\SC. The van der Waals surface area contributed by atoms with Crippen molar-refractivity contribution in [2.45, 2.75) is 32.6 Å². The molecule has 53 valence electrons. The molecule has 0 atom stereocenters. The van der Waals surface area contributed by atoms with Gasteiger partial charge in [-0.1, -0.05) is 25.8 Å². The van der Waals surface area contributed by atoms with Gasteiger partial charge in [0.25, 0.3) is 0 Å². The molecule has 0 fully saturated rings. The first-order valence-corrected chi connectivity index (χ1v) is 4.74. The second-order valence-electron chi connectivity index (χ2n) is 2.02. The molecular weight excluding hydrogens is 128 g/mol. The van der Waals surface area contributed by atoms with Gasteiger partial charge in [-0.05, 0) is 19.1 Å². The van der Waals surface area contributed by atoms with Crippen molar-refractivity contribution >= 4 is 11.8 Å². The van der Waals surface area contributed by atoms with Gasteiger partial charge in [-0.2, -0.15) is 0 Å². The Hall–Kier alpha value is 0.0900. The van der Waals surface area contributed by atoms with Gasteiger partial charge < -0.3 is 0 Å². The summed E-state index contributed by atoms with van der Waals surface area (Å²) in [4.78, 5) is 0. The molecule has 0 N–H and O–H groups in total. The van der Waals surface area contributed by atoms with E-state index in [2.05, 4.69) is 18.4 Å². The van der Waals surface area contributed by atoms with E-state index in [0.717, 1.165) is 0 Å². The van der Waals surface area contributed by atoms with Crippen LogP contribution < -0.4 is 0 Å². The molecule has 0 bridgehead atoms. The molecule has 0 aliphatic carbocycles. The number of rotatable bonds is 5. The predicted octanol–water partition coefficient (Wildman–Crippen LogP) is 3.25. The van der Waals surface area contributed by atoms with E-state index >= 15 is 0 Å². The standard InChI is InChI=1S/C8H15S/c1-3-4-5-6-7-8-9-2/h7H,3-6H2,1-2H3. The van der Waals surface area contributed by atoms with E-state index in [4.69, 9.17) is 0 Å². The van der Waals surface area contributed by atoms with Crippen LogP contribution >= 0.6 is 11.8 Å². The van der Waals surface area contributed by atoms with Crippen LogP contribution in [0.4, 0.5) is 0 Å². The van der Waals surface area contributed by atoms with E-state index in [-0.39, 0.29) is 0 Å². The van der Waals surface area contributed by atoms with Gasteiger partial charge in [0.2, 0.25) is 0 Å². The van der Waals surface area contributed by atoms with Gasteiger partial charge in [0.1, 0.15) is 0 Å². The number of allylic oxidation sites excluding steroid dienone is 1. The molecule has 0 heterocycles. The molecule has 9 heavy (non-hydrogen) atoms. The Morgan fingerprint density at radius 3 is 2.78 bits per heavy atom. The van der Waals surface area contributed by atoms with Gasteiger partial charge in [0, 0.05) is 5.41 Å². The Labute approximate surface area is 62.7 Å². The van der Waals surface area contributed by atoms with Crippen molar-refractivity contribution in [3.05, 3.63) is 11.5 Å². The lowest BCUT2D eigenvalue weighted by Crippen LogP contribution is -1.69. The molecule has 0 aliphatic heterocycles.